The van der Waals surface area contributed by atoms with Gasteiger partial charge in [0.25, 0.3) is 0 Å². The number of amides is 3. The zero-order valence-corrected chi connectivity index (χ0v) is 20.7. The van der Waals surface area contributed by atoms with Crippen LogP contribution in [0.5, 0.6) is 0 Å². The van der Waals surface area contributed by atoms with Gasteiger partial charge < -0.3 is 9.80 Å². The van der Waals surface area contributed by atoms with Gasteiger partial charge in [-0.05, 0) is 60.4 Å². The molecule has 1 heterocycles. The van der Waals surface area contributed by atoms with E-state index < -0.39 is 59.6 Å². The van der Waals surface area contributed by atoms with Crippen LogP contribution in [0.1, 0.15) is 40.2 Å². The molecule has 0 bridgehead atoms. The monoisotopic (exact) mass is 549 g/mol. The minimum absolute atomic E-state index is 0.0272. The molecule has 1 N–H and O–H groups in total. The Hall–Kier alpha value is -3.35. The molecular formula is C25H26F7N3O3. The predicted octanol–water partition coefficient (Wildman–Crippen LogP) is 5.51. The van der Waals surface area contributed by atoms with Crippen molar-refractivity contribution in [2.45, 2.75) is 38.2 Å². The molecule has 2 aromatic rings. The van der Waals surface area contributed by atoms with E-state index >= 15 is 0 Å². The van der Waals surface area contributed by atoms with Crippen LogP contribution in [0.15, 0.2) is 36.4 Å². The number of urea groups is 1. The highest BCUT2D eigenvalue weighted by atomic mass is 19.4. The Labute approximate surface area is 214 Å². The van der Waals surface area contributed by atoms with Crippen molar-refractivity contribution in [3.05, 3.63) is 70.0 Å². The van der Waals surface area contributed by atoms with Gasteiger partial charge in [0.15, 0.2) is 0 Å². The second kappa shape index (κ2) is 11.2. The van der Waals surface area contributed by atoms with Gasteiger partial charge in [0.05, 0.1) is 18.2 Å². The van der Waals surface area contributed by atoms with Crippen molar-refractivity contribution in [3.8, 4) is 0 Å². The van der Waals surface area contributed by atoms with E-state index in [1.54, 1.807) is 6.92 Å². The van der Waals surface area contributed by atoms with Gasteiger partial charge in [-0.3, -0.25) is 9.63 Å². The van der Waals surface area contributed by atoms with Crippen LogP contribution in [0, 0.1) is 18.7 Å². The van der Waals surface area contributed by atoms with Gasteiger partial charge in [-0.2, -0.15) is 26.3 Å². The molecule has 1 fully saturated rings. The van der Waals surface area contributed by atoms with Crippen LogP contribution in [-0.2, 0) is 28.5 Å². The lowest BCUT2D eigenvalue weighted by atomic mass is 9.78. The fraction of sp³-hybridized carbons (Fsp3) is 0.440. The minimum Gasteiger partial charge on any atom is -0.341 e. The highest BCUT2D eigenvalue weighted by molar-refractivity contribution is 5.81. The van der Waals surface area contributed by atoms with Crippen LogP contribution in [0.2, 0.25) is 0 Å². The lowest BCUT2D eigenvalue weighted by Crippen LogP contribution is -2.50. The first-order chi connectivity index (χ1) is 17.6. The van der Waals surface area contributed by atoms with Crippen molar-refractivity contribution in [2.24, 2.45) is 5.92 Å². The van der Waals surface area contributed by atoms with E-state index in [9.17, 15) is 40.3 Å². The van der Waals surface area contributed by atoms with Crippen LogP contribution in [0.25, 0.3) is 0 Å². The number of hydrogen-bond acceptors (Lipinski definition) is 3. The molecule has 0 radical (unpaired) electrons. The minimum atomic E-state index is -5.01. The quantitative estimate of drug-likeness (QED) is 0.396. The van der Waals surface area contributed by atoms with E-state index in [2.05, 4.69) is 10.3 Å². The van der Waals surface area contributed by atoms with Crippen LogP contribution >= 0.6 is 0 Å². The van der Waals surface area contributed by atoms with Crippen LogP contribution in [-0.4, -0.2) is 49.0 Å². The summed E-state index contributed by atoms with van der Waals surface area (Å²) in [5, 5.41) is 0. The number of hydroxylamine groups is 1. The summed E-state index contributed by atoms with van der Waals surface area (Å²) in [7, 11) is 2.54. The van der Waals surface area contributed by atoms with E-state index in [-0.39, 0.29) is 31.1 Å². The summed E-state index contributed by atoms with van der Waals surface area (Å²) >= 11 is 0. The van der Waals surface area contributed by atoms with Gasteiger partial charge in [-0.1, -0.05) is 6.07 Å². The van der Waals surface area contributed by atoms with Gasteiger partial charge in [-0.25, -0.2) is 14.7 Å². The zero-order chi connectivity index (χ0) is 28.4. The standard InChI is InChI=1S/C25H26F7N3O3/c1-14-8-18(26)4-5-19(14)21-13-35(23(37)33-38-3)7-6-20(21)22(36)34(2)12-15-9-16(24(27,28)29)11-17(10-15)25(30,31)32/h4-5,8-11,20-21H,6-7,12-13H2,1-3H3,(H,33,37)/t20-,21+/m0/s1. The molecule has 3 amide bonds. The maximum absolute atomic E-state index is 13.8. The summed E-state index contributed by atoms with van der Waals surface area (Å²) in [6.45, 7) is 1.32. The Bertz CT molecular complexity index is 1150. The Morgan fingerprint density at radius 1 is 1.05 bits per heavy atom. The highest BCUT2D eigenvalue weighted by Gasteiger charge is 2.40. The maximum atomic E-state index is 13.8. The summed E-state index contributed by atoms with van der Waals surface area (Å²) in [5.41, 5.74) is 0.0256. The second-order valence-corrected chi connectivity index (χ2v) is 9.17. The van der Waals surface area contributed by atoms with E-state index in [1.807, 2.05) is 0 Å². The number of likely N-dealkylation sites (tertiary alicyclic amines) is 1. The van der Waals surface area contributed by atoms with E-state index in [1.165, 1.54) is 37.3 Å². The number of halogens is 7. The molecule has 6 nitrogen and oxygen atoms in total. The van der Waals surface area contributed by atoms with Gasteiger partial charge in [0.2, 0.25) is 5.91 Å². The van der Waals surface area contributed by atoms with E-state index in [0.717, 1.165) is 4.90 Å². The highest BCUT2D eigenvalue weighted by Crippen LogP contribution is 2.38. The van der Waals surface area contributed by atoms with Gasteiger partial charge in [0, 0.05) is 38.5 Å². The molecule has 0 saturated carbocycles. The Morgan fingerprint density at radius 3 is 2.18 bits per heavy atom. The first-order valence-electron chi connectivity index (χ1n) is 11.5. The molecule has 208 valence electrons. The Kier molecular flexibility index (Phi) is 8.59. The number of aryl methyl sites for hydroxylation is 1. The van der Waals surface area contributed by atoms with Crippen LogP contribution < -0.4 is 5.48 Å². The predicted molar refractivity (Wildman–Crippen MR) is 122 cm³/mol. The lowest BCUT2D eigenvalue weighted by molar-refractivity contribution is -0.143. The molecule has 2 aromatic carbocycles. The maximum Gasteiger partial charge on any atom is 0.416 e. The molecule has 13 heteroatoms. The third-order valence-corrected chi connectivity index (χ3v) is 6.48. The first-order valence-corrected chi connectivity index (χ1v) is 11.5. The average molecular weight is 549 g/mol. The Balaban J connectivity index is 1.92. The van der Waals surface area contributed by atoms with Crippen molar-refractivity contribution >= 4 is 11.9 Å². The van der Waals surface area contributed by atoms with E-state index in [4.69, 9.17) is 0 Å². The fourth-order valence-electron chi connectivity index (χ4n) is 4.70. The van der Waals surface area contributed by atoms with Gasteiger partial charge in [-0.15, -0.1) is 0 Å². The summed E-state index contributed by atoms with van der Waals surface area (Å²) in [6, 6.07) is 4.62. The van der Waals surface area contributed by atoms with Crippen LogP contribution in [0.3, 0.4) is 0 Å². The smallest absolute Gasteiger partial charge is 0.341 e. The number of hydrogen-bond donors (Lipinski definition) is 1. The number of piperidine rings is 1. The largest absolute Gasteiger partial charge is 0.416 e. The van der Waals surface area contributed by atoms with Crippen molar-refractivity contribution < 1.29 is 45.2 Å². The molecule has 1 aliphatic heterocycles. The van der Waals surface area contributed by atoms with Crippen molar-refractivity contribution in [2.75, 3.05) is 27.2 Å². The van der Waals surface area contributed by atoms with Crippen molar-refractivity contribution in [1.29, 1.82) is 0 Å². The molecule has 0 aliphatic carbocycles. The van der Waals surface area contributed by atoms with E-state index in [0.29, 0.717) is 23.3 Å². The number of rotatable bonds is 5. The van der Waals surface area contributed by atoms with Gasteiger partial charge >= 0.3 is 18.4 Å². The summed E-state index contributed by atoms with van der Waals surface area (Å²) in [4.78, 5) is 33.0. The summed E-state index contributed by atoms with van der Waals surface area (Å²) < 4.78 is 93.3. The number of carbonyl (C=O) groups is 2. The lowest BCUT2D eigenvalue weighted by Gasteiger charge is -2.39. The molecule has 1 aliphatic rings. The zero-order valence-electron chi connectivity index (χ0n) is 20.7. The molecule has 3 rings (SSSR count). The molecule has 0 aromatic heterocycles. The topological polar surface area (TPSA) is 61.9 Å². The molecule has 0 unspecified atom stereocenters. The Morgan fingerprint density at radius 2 is 1.66 bits per heavy atom. The fourth-order valence-corrected chi connectivity index (χ4v) is 4.70. The third-order valence-electron chi connectivity index (χ3n) is 6.48. The number of carbonyl (C=O) groups excluding carboxylic acids is 2. The third kappa shape index (κ3) is 6.74. The van der Waals surface area contributed by atoms with Gasteiger partial charge in [0.1, 0.15) is 5.82 Å². The number of benzene rings is 2. The number of nitrogens with one attached hydrogen (secondary N) is 1. The number of nitrogens with zero attached hydrogens (tertiary/aromatic N) is 2. The van der Waals surface area contributed by atoms with Crippen molar-refractivity contribution in [1.82, 2.24) is 15.3 Å². The molecular weight excluding hydrogens is 523 g/mol. The first kappa shape index (κ1) is 29.2. The number of alkyl halides is 6. The molecule has 1 saturated heterocycles. The summed E-state index contributed by atoms with van der Waals surface area (Å²) in [5.74, 6) is -2.42. The SMILES string of the molecule is CONC(=O)N1CC[C@H](C(=O)N(C)Cc2cc(C(F)(F)F)cc(C(F)(F)F)c2)[C@@H](c2ccc(F)cc2C)C1. The summed E-state index contributed by atoms with van der Waals surface area (Å²) in [6.07, 6.45) is -9.88. The normalized spacial score (nSPS) is 18.3. The second-order valence-electron chi connectivity index (χ2n) is 9.17. The van der Waals surface area contributed by atoms with Crippen LogP contribution in [0.4, 0.5) is 35.5 Å². The molecule has 0 spiro atoms. The van der Waals surface area contributed by atoms with Crippen molar-refractivity contribution in [3.63, 3.8) is 0 Å². The molecule has 38 heavy (non-hydrogen) atoms. The average Bonchev–Trinajstić information content (AvgIpc) is 2.82. The molecule has 2 atom stereocenters.